The largest absolute Gasteiger partial charge is 0.382 e. The molecule has 0 heterocycles. The number of benzene rings is 1. The molecule has 1 aliphatic rings. The molecule has 1 fully saturated rings. The summed E-state index contributed by atoms with van der Waals surface area (Å²) in [5.74, 6) is 0. The van der Waals surface area contributed by atoms with Gasteiger partial charge in [-0.3, -0.25) is 10.1 Å². The molecule has 2 atom stereocenters. The van der Waals surface area contributed by atoms with Crippen molar-refractivity contribution in [3.05, 3.63) is 32.8 Å². The van der Waals surface area contributed by atoms with E-state index in [1.165, 1.54) is 12.5 Å². The summed E-state index contributed by atoms with van der Waals surface area (Å²) in [6, 6.07) is 3.64. The van der Waals surface area contributed by atoms with Crippen LogP contribution in [0.25, 0.3) is 0 Å². The first-order valence-corrected chi connectivity index (χ1v) is 7.91. The van der Waals surface area contributed by atoms with Gasteiger partial charge in [0.2, 0.25) is 0 Å². The number of hydrogen-bond acceptors (Lipinski definition) is 4. The minimum absolute atomic E-state index is 0.0295. The first-order chi connectivity index (χ1) is 9.01. The lowest BCUT2D eigenvalue weighted by Crippen LogP contribution is -2.16. The Morgan fingerprint density at radius 2 is 2.21 bits per heavy atom. The Kier molecular flexibility index (Phi) is 4.58. The van der Waals surface area contributed by atoms with Gasteiger partial charge in [-0.1, -0.05) is 11.6 Å². The normalized spacial score (nSPS) is 22.5. The van der Waals surface area contributed by atoms with Crippen molar-refractivity contribution in [2.24, 2.45) is 0 Å². The van der Waals surface area contributed by atoms with Gasteiger partial charge in [-0.25, -0.2) is 0 Å². The predicted octanol–water partition coefficient (Wildman–Crippen LogP) is 4.25. The molecule has 104 valence electrons. The zero-order valence-corrected chi connectivity index (χ0v) is 12.6. The molecule has 1 aromatic rings. The van der Waals surface area contributed by atoms with E-state index in [1.807, 2.05) is 18.7 Å². The van der Waals surface area contributed by atoms with Crippen LogP contribution in [-0.4, -0.2) is 22.5 Å². The Labute approximate surface area is 122 Å². The van der Waals surface area contributed by atoms with E-state index < -0.39 is 4.92 Å². The molecular formula is C13H17ClN2O2S. The van der Waals surface area contributed by atoms with Gasteiger partial charge < -0.3 is 5.32 Å². The highest BCUT2D eigenvalue weighted by Crippen LogP contribution is 2.34. The van der Waals surface area contributed by atoms with Crippen LogP contribution < -0.4 is 5.32 Å². The molecule has 1 N–H and O–H groups in total. The van der Waals surface area contributed by atoms with Crippen LogP contribution in [0.4, 0.5) is 11.4 Å². The van der Waals surface area contributed by atoms with Crippen molar-refractivity contribution in [3.8, 4) is 0 Å². The fourth-order valence-corrected chi connectivity index (χ4v) is 3.50. The number of hydrogen-bond donors (Lipinski definition) is 1. The molecule has 4 nitrogen and oxygen atoms in total. The van der Waals surface area contributed by atoms with Crippen LogP contribution in [0.1, 0.15) is 24.8 Å². The number of nitro benzene ring substituents is 1. The zero-order valence-electron chi connectivity index (χ0n) is 11.0. The molecule has 6 heteroatoms. The first kappa shape index (κ1) is 14.5. The molecule has 2 rings (SSSR count). The van der Waals surface area contributed by atoms with E-state index in [9.17, 15) is 10.1 Å². The number of aryl methyl sites for hydroxylation is 1. The number of thioether (sulfide) groups is 1. The van der Waals surface area contributed by atoms with Crippen molar-refractivity contribution in [3.63, 3.8) is 0 Å². The molecule has 2 unspecified atom stereocenters. The van der Waals surface area contributed by atoms with Gasteiger partial charge in [0, 0.05) is 23.0 Å². The summed E-state index contributed by atoms with van der Waals surface area (Å²) in [7, 11) is 0. The van der Waals surface area contributed by atoms with Crippen LogP contribution >= 0.6 is 23.4 Å². The zero-order chi connectivity index (χ0) is 14.0. The van der Waals surface area contributed by atoms with Gasteiger partial charge in [0.1, 0.15) is 5.02 Å². The average Bonchev–Trinajstić information content (AvgIpc) is 2.80. The minimum atomic E-state index is -0.446. The van der Waals surface area contributed by atoms with Gasteiger partial charge in [-0.2, -0.15) is 11.8 Å². The summed E-state index contributed by atoms with van der Waals surface area (Å²) in [6.45, 7) is 1.87. The Bertz CT molecular complexity index is 496. The van der Waals surface area contributed by atoms with E-state index >= 15 is 0 Å². The number of nitrogens with zero attached hydrogens (tertiary/aromatic N) is 1. The van der Waals surface area contributed by atoms with Gasteiger partial charge in [-0.05, 0) is 44.1 Å². The van der Waals surface area contributed by atoms with Crippen LogP contribution in [0.2, 0.25) is 5.02 Å². The molecule has 19 heavy (non-hydrogen) atoms. The molecular weight excluding hydrogens is 284 g/mol. The van der Waals surface area contributed by atoms with Gasteiger partial charge >= 0.3 is 0 Å². The number of nitrogens with one attached hydrogen (secondary N) is 1. The molecule has 0 bridgehead atoms. The van der Waals surface area contributed by atoms with Crippen molar-refractivity contribution in [2.75, 3.05) is 11.6 Å². The Morgan fingerprint density at radius 1 is 1.47 bits per heavy atom. The van der Waals surface area contributed by atoms with Crippen molar-refractivity contribution in [1.82, 2.24) is 0 Å². The summed E-state index contributed by atoms with van der Waals surface area (Å²) in [6.07, 6.45) is 5.63. The van der Waals surface area contributed by atoms with E-state index in [4.69, 9.17) is 11.6 Å². The van der Waals surface area contributed by atoms with Crippen molar-refractivity contribution in [1.29, 1.82) is 0 Å². The van der Waals surface area contributed by atoms with E-state index in [2.05, 4.69) is 11.6 Å². The SMILES string of the molecule is CSC1CCC(Nc2cc(Cl)c([N+](=O)[O-])cc2C)C1. The maximum atomic E-state index is 10.8. The third-order valence-electron chi connectivity index (χ3n) is 3.57. The molecule has 1 aliphatic carbocycles. The number of halogens is 1. The quantitative estimate of drug-likeness (QED) is 0.667. The maximum Gasteiger partial charge on any atom is 0.288 e. The molecule has 0 saturated heterocycles. The lowest BCUT2D eigenvalue weighted by atomic mass is 10.1. The first-order valence-electron chi connectivity index (χ1n) is 6.25. The average molecular weight is 301 g/mol. The highest BCUT2D eigenvalue weighted by molar-refractivity contribution is 7.99. The van der Waals surface area contributed by atoms with Gasteiger partial charge in [-0.15, -0.1) is 0 Å². The Balaban J connectivity index is 2.13. The minimum Gasteiger partial charge on any atom is -0.382 e. The van der Waals surface area contributed by atoms with E-state index in [0.29, 0.717) is 11.3 Å². The topological polar surface area (TPSA) is 55.2 Å². The summed E-state index contributed by atoms with van der Waals surface area (Å²) >= 11 is 7.86. The highest BCUT2D eigenvalue weighted by Gasteiger charge is 2.24. The molecule has 0 aliphatic heterocycles. The summed E-state index contributed by atoms with van der Waals surface area (Å²) in [5.41, 5.74) is 1.74. The fourth-order valence-electron chi connectivity index (χ4n) is 2.47. The third-order valence-corrected chi connectivity index (χ3v) is 4.97. The molecule has 0 spiro atoms. The maximum absolute atomic E-state index is 10.8. The summed E-state index contributed by atoms with van der Waals surface area (Å²) in [4.78, 5) is 10.4. The standard InChI is InChI=1S/C13H17ClN2O2S/c1-8-5-13(16(17)18)11(14)7-12(8)15-9-3-4-10(6-9)19-2/h5,7,9-10,15H,3-4,6H2,1-2H3. The van der Waals surface area contributed by atoms with Gasteiger partial charge in [0.05, 0.1) is 4.92 Å². The van der Waals surface area contributed by atoms with Crippen LogP contribution in [0.3, 0.4) is 0 Å². The molecule has 0 aromatic heterocycles. The lowest BCUT2D eigenvalue weighted by molar-refractivity contribution is -0.384. The molecule has 0 amide bonds. The Morgan fingerprint density at radius 3 is 2.79 bits per heavy atom. The third kappa shape index (κ3) is 3.34. The van der Waals surface area contributed by atoms with Gasteiger partial charge in [0.15, 0.2) is 0 Å². The number of nitro groups is 1. The van der Waals surface area contributed by atoms with Crippen LogP contribution in [-0.2, 0) is 0 Å². The van der Waals surface area contributed by atoms with Crippen LogP contribution in [0, 0.1) is 17.0 Å². The fraction of sp³-hybridized carbons (Fsp3) is 0.538. The number of rotatable bonds is 4. The Hall–Kier alpha value is -0.940. The van der Waals surface area contributed by atoms with Crippen molar-refractivity contribution >= 4 is 34.7 Å². The second-order valence-corrected chi connectivity index (χ2v) is 6.43. The predicted molar refractivity (Wildman–Crippen MR) is 81.4 cm³/mol. The second kappa shape index (κ2) is 6.01. The van der Waals surface area contributed by atoms with E-state index in [-0.39, 0.29) is 10.7 Å². The van der Waals surface area contributed by atoms with Crippen molar-refractivity contribution in [2.45, 2.75) is 37.5 Å². The van der Waals surface area contributed by atoms with Crippen molar-refractivity contribution < 1.29 is 4.92 Å². The molecule has 1 aromatic carbocycles. The second-order valence-electron chi connectivity index (χ2n) is 4.89. The van der Waals surface area contributed by atoms with E-state index in [1.54, 1.807) is 6.07 Å². The molecule has 1 saturated carbocycles. The lowest BCUT2D eigenvalue weighted by Gasteiger charge is -2.16. The smallest absolute Gasteiger partial charge is 0.288 e. The van der Waals surface area contributed by atoms with Crippen LogP contribution in [0.15, 0.2) is 12.1 Å². The van der Waals surface area contributed by atoms with Gasteiger partial charge in [0.25, 0.3) is 5.69 Å². The van der Waals surface area contributed by atoms with E-state index in [0.717, 1.165) is 24.1 Å². The highest BCUT2D eigenvalue weighted by atomic mass is 35.5. The molecule has 0 radical (unpaired) electrons. The summed E-state index contributed by atoms with van der Waals surface area (Å²) < 4.78 is 0. The monoisotopic (exact) mass is 300 g/mol. The summed E-state index contributed by atoms with van der Waals surface area (Å²) in [5, 5.41) is 15.2. The van der Waals surface area contributed by atoms with Crippen LogP contribution in [0.5, 0.6) is 0 Å². The number of anilines is 1.